The van der Waals surface area contributed by atoms with Crippen LogP contribution in [-0.4, -0.2) is 40.1 Å². The summed E-state index contributed by atoms with van der Waals surface area (Å²) >= 11 is 0. The molecule has 2 N–H and O–H groups in total. The second-order valence-electron chi connectivity index (χ2n) is 5.61. The first kappa shape index (κ1) is 12.9. The molecule has 1 aliphatic heterocycles. The van der Waals surface area contributed by atoms with E-state index in [0.717, 1.165) is 24.9 Å². The van der Waals surface area contributed by atoms with E-state index < -0.39 is 6.09 Å². The Bertz CT molecular complexity index is 524. The number of aromatic nitrogens is 1. The molecule has 0 radical (unpaired) electrons. The lowest BCUT2D eigenvalue weighted by Gasteiger charge is -2.30. The van der Waals surface area contributed by atoms with E-state index in [0.29, 0.717) is 13.1 Å². The van der Waals surface area contributed by atoms with Crippen LogP contribution in [-0.2, 0) is 4.79 Å². The number of nitrogens with one attached hydrogen (secondary N) is 1. The Kier molecular flexibility index (Phi) is 3.08. The molecule has 2 fully saturated rings. The largest absolute Gasteiger partial charge is 0.465 e. The summed E-state index contributed by atoms with van der Waals surface area (Å²) in [4.78, 5) is 28.4. The quantitative estimate of drug-likeness (QED) is 0.862. The van der Waals surface area contributed by atoms with Gasteiger partial charge in [-0.1, -0.05) is 0 Å². The van der Waals surface area contributed by atoms with Crippen LogP contribution in [0.2, 0.25) is 0 Å². The number of amides is 2. The number of anilines is 1. The molecule has 1 unspecified atom stereocenters. The van der Waals surface area contributed by atoms with Gasteiger partial charge >= 0.3 is 6.09 Å². The van der Waals surface area contributed by atoms with Gasteiger partial charge in [0.15, 0.2) is 0 Å². The van der Waals surface area contributed by atoms with Crippen LogP contribution in [0, 0.1) is 11.3 Å². The fourth-order valence-corrected chi connectivity index (χ4v) is 3.08. The van der Waals surface area contributed by atoms with Crippen molar-refractivity contribution in [2.45, 2.75) is 19.3 Å². The maximum atomic E-state index is 12.2. The van der Waals surface area contributed by atoms with Gasteiger partial charge in [0, 0.05) is 37.1 Å². The van der Waals surface area contributed by atoms with E-state index >= 15 is 0 Å². The molecular formula is C14H17N3O3. The molecular weight excluding hydrogens is 258 g/mol. The van der Waals surface area contributed by atoms with Crippen molar-refractivity contribution >= 4 is 17.7 Å². The summed E-state index contributed by atoms with van der Waals surface area (Å²) in [6, 6.07) is 3.53. The van der Waals surface area contributed by atoms with E-state index in [1.54, 1.807) is 24.5 Å². The predicted octanol–water partition coefficient (Wildman–Crippen LogP) is 1.80. The monoisotopic (exact) mass is 275 g/mol. The number of carboxylic acid groups (broad SMARTS) is 1. The molecule has 1 saturated carbocycles. The summed E-state index contributed by atoms with van der Waals surface area (Å²) in [6.07, 6.45) is 4.87. The maximum Gasteiger partial charge on any atom is 0.407 e. The molecule has 1 aliphatic carbocycles. The van der Waals surface area contributed by atoms with Gasteiger partial charge in [0.25, 0.3) is 0 Å². The van der Waals surface area contributed by atoms with E-state index in [-0.39, 0.29) is 17.2 Å². The number of nitrogens with zero attached hydrogens (tertiary/aromatic N) is 2. The van der Waals surface area contributed by atoms with Crippen LogP contribution >= 0.6 is 0 Å². The molecule has 3 rings (SSSR count). The lowest BCUT2D eigenvalue weighted by molar-refractivity contribution is -0.118. The number of carbonyl (C=O) groups is 2. The summed E-state index contributed by atoms with van der Waals surface area (Å²) in [5, 5.41) is 11.8. The van der Waals surface area contributed by atoms with Crippen LogP contribution < -0.4 is 5.32 Å². The number of pyridine rings is 1. The van der Waals surface area contributed by atoms with E-state index in [9.17, 15) is 9.59 Å². The second-order valence-corrected chi connectivity index (χ2v) is 5.61. The van der Waals surface area contributed by atoms with Crippen molar-refractivity contribution < 1.29 is 14.7 Å². The van der Waals surface area contributed by atoms with Crippen molar-refractivity contribution in [2.75, 3.05) is 18.4 Å². The van der Waals surface area contributed by atoms with E-state index in [1.165, 1.54) is 4.90 Å². The fourth-order valence-electron chi connectivity index (χ4n) is 3.08. The summed E-state index contributed by atoms with van der Waals surface area (Å²) < 4.78 is 0. The van der Waals surface area contributed by atoms with E-state index in [1.807, 2.05) is 0 Å². The van der Waals surface area contributed by atoms with Crippen LogP contribution in [0.15, 0.2) is 24.5 Å². The molecule has 20 heavy (non-hydrogen) atoms. The molecule has 2 aliphatic rings. The predicted molar refractivity (Wildman–Crippen MR) is 72.2 cm³/mol. The Hall–Kier alpha value is -2.11. The Morgan fingerprint density at radius 2 is 1.95 bits per heavy atom. The number of likely N-dealkylation sites (tertiary alicyclic amines) is 1. The molecule has 1 aromatic heterocycles. The molecule has 1 saturated heterocycles. The van der Waals surface area contributed by atoms with Gasteiger partial charge in [0.05, 0.1) is 0 Å². The van der Waals surface area contributed by atoms with Crippen LogP contribution in [0.1, 0.15) is 19.3 Å². The summed E-state index contributed by atoms with van der Waals surface area (Å²) in [7, 11) is 0. The third-order valence-electron chi connectivity index (χ3n) is 4.48. The van der Waals surface area contributed by atoms with Crippen LogP contribution in [0.3, 0.4) is 0 Å². The van der Waals surface area contributed by atoms with Gasteiger partial charge in [0.2, 0.25) is 5.91 Å². The normalized spacial score (nSPS) is 23.4. The van der Waals surface area contributed by atoms with Crippen LogP contribution in [0.5, 0.6) is 0 Å². The van der Waals surface area contributed by atoms with Gasteiger partial charge in [-0.15, -0.1) is 0 Å². The van der Waals surface area contributed by atoms with Crippen molar-refractivity contribution in [2.24, 2.45) is 11.3 Å². The van der Waals surface area contributed by atoms with Crippen molar-refractivity contribution in [3.8, 4) is 0 Å². The lowest BCUT2D eigenvalue weighted by atomic mass is 9.91. The van der Waals surface area contributed by atoms with Crippen molar-refractivity contribution in [1.82, 2.24) is 9.88 Å². The minimum atomic E-state index is -0.863. The Labute approximate surface area is 116 Å². The highest BCUT2D eigenvalue weighted by Crippen LogP contribution is 2.59. The first-order chi connectivity index (χ1) is 9.61. The van der Waals surface area contributed by atoms with Gasteiger partial charge in [-0.25, -0.2) is 4.79 Å². The van der Waals surface area contributed by atoms with Gasteiger partial charge in [-0.3, -0.25) is 9.78 Å². The van der Waals surface area contributed by atoms with Gasteiger partial charge < -0.3 is 15.3 Å². The molecule has 2 heterocycles. The summed E-state index contributed by atoms with van der Waals surface area (Å²) in [5.74, 6) is 0.0617. The smallest absolute Gasteiger partial charge is 0.407 e. The first-order valence-electron chi connectivity index (χ1n) is 6.79. The third-order valence-corrected chi connectivity index (χ3v) is 4.48. The number of carbonyl (C=O) groups excluding carboxylic acids is 1. The highest BCUT2D eigenvalue weighted by atomic mass is 16.4. The zero-order chi connectivity index (χ0) is 14.2. The standard InChI is InChI=1S/C14H17N3O3/c18-12(16-10-1-5-15-6-2-10)11-9-14(11)3-7-17(8-4-14)13(19)20/h1-2,5-6,11H,3-4,7-9H2,(H,19,20)(H,15,16,18). The number of rotatable bonds is 2. The highest BCUT2D eigenvalue weighted by molar-refractivity contribution is 5.95. The molecule has 6 heteroatoms. The lowest BCUT2D eigenvalue weighted by Crippen LogP contribution is -2.39. The van der Waals surface area contributed by atoms with E-state index in [4.69, 9.17) is 5.11 Å². The summed E-state index contributed by atoms with van der Waals surface area (Å²) in [5.41, 5.74) is 0.790. The zero-order valence-corrected chi connectivity index (χ0v) is 11.1. The summed E-state index contributed by atoms with van der Waals surface area (Å²) in [6.45, 7) is 1.07. The molecule has 2 amide bonds. The molecule has 0 bridgehead atoms. The van der Waals surface area contributed by atoms with Crippen molar-refractivity contribution in [1.29, 1.82) is 0 Å². The minimum absolute atomic E-state index is 0.0200. The first-order valence-corrected chi connectivity index (χ1v) is 6.79. The number of piperidine rings is 1. The molecule has 1 atom stereocenters. The molecule has 106 valence electrons. The number of hydrogen-bond acceptors (Lipinski definition) is 3. The topological polar surface area (TPSA) is 82.5 Å². The Morgan fingerprint density at radius 1 is 1.30 bits per heavy atom. The Morgan fingerprint density at radius 3 is 2.55 bits per heavy atom. The average molecular weight is 275 g/mol. The van der Waals surface area contributed by atoms with Gasteiger partial charge in [-0.2, -0.15) is 0 Å². The zero-order valence-electron chi connectivity index (χ0n) is 11.1. The molecule has 0 aromatic carbocycles. The van der Waals surface area contributed by atoms with Crippen molar-refractivity contribution in [3.05, 3.63) is 24.5 Å². The van der Waals surface area contributed by atoms with Crippen LogP contribution in [0.4, 0.5) is 10.5 Å². The minimum Gasteiger partial charge on any atom is -0.465 e. The fraction of sp³-hybridized carbons (Fsp3) is 0.500. The molecule has 6 nitrogen and oxygen atoms in total. The second kappa shape index (κ2) is 4.77. The van der Waals surface area contributed by atoms with Gasteiger partial charge in [0.1, 0.15) is 0 Å². The SMILES string of the molecule is O=C(Nc1ccncc1)C1CC12CCN(C(=O)O)CC2. The highest BCUT2D eigenvalue weighted by Gasteiger charge is 2.58. The number of hydrogen-bond donors (Lipinski definition) is 2. The maximum absolute atomic E-state index is 12.2. The van der Waals surface area contributed by atoms with Crippen molar-refractivity contribution in [3.63, 3.8) is 0 Å². The van der Waals surface area contributed by atoms with E-state index in [2.05, 4.69) is 10.3 Å². The Balaban J connectivity index is 1.56. The third kappa shape index (κ3) is 2.33. The van der Waals surface area contributed by atoms with Gasteiger partial charge in [-0.05, 0) is 36.8 Å². The molecule has 1 aromatic rings. The average Bonchev–Trinajstić information content (AvgIpc) is 3.14. The van der Waals surface area contributed by atoms with Crippen LogP contribution in [0.25, 0.3) is 0 Å². The molecule has 1 spiro atoms.